The molecule has 6 nitrogen and oxygen atoms in total. The summed E-state index contributed by atoms with van der Waals surface area (Å²) < 4.78 is 13.4. The van der Waals surface area contributed by atoms with Crippen LogP contribution in [0, 0.1) is 5.82 Å². The number of carbonyl (C=O) groups excluding carboxylic acids is 3. The summed E-state index contributed by atoms with van der Waals surface area (Å²) in [6.07, 6.45) is 0.148. The minimum Gasteiger partial charge on any atom is -0.352 e. The lowest BCUT2D eigenvalue weighted by Crippen LogP contribution is -2.39. The molecule has 2 rings (SSSR count). The predicted octanol–water partition coefficient (Wildman–Crippen LogP) is 0.521. The maximum Gasteiger partial charge on any atom is 0.247 e. The number of nitrogens with zero attached hydrogens (tertiary/aromatic N) is 2. The zero-order valence-electron chi connectivity index (χ0n) is 13.2. The molecule has 1 aliphatic heterocycles. The maximum atomic E-state index is 13.4. The van der Waals surface area contributed by atoms with Crippen LogP contribution >= 0.6 is 0 Å². The van der Waals surface area contributed by atoms with E-state index >= 15 is 0 Å². The monoisotopic (exact) mass is 321 g/mol. The Morgan fingerprint density at radius 1 is 1.35 bits per heavy atom. The average Bonchev–Trinajstić information content (AvgIpc) is 2.79. The van der Waals surface area contributed by atoms with Gasteiger partial charge in [-0.05, 0) is 20.2 Å². The van der Waals surface area contributed by atoms with Gasteiger partial charge in [-0.1, -0.05) is 18.2 Å². The van der Waals surface area contributed by atoms with Crippen LogP contribution in [-0.4, -0.2) is 54.2 Å². The number of hydrogen-bond donors (Lipinski definition) is 1. The summed E-state index contributed by atoms with van der Waals surface area (Å²) in [7, 11) is 3.47. The molecule has 1 aromatic carbocycles. The fourth-order valence-electron chi connectivity index (χ4n) is 2.44. The van der Waals surface area contributed by atoms with Gasteiger partial charge in [0.25, 0.3) is 0 Å². The number of carbonyl (C=O) groups is 3. The predicted molar refractivity (Wildman–Crippen MR) is 81.7 cm³/mol. The smallest absolute Gasteiger partial charge is 0.247 e. The van der Waals surface area contributed by atoms with Gasteiger partial charge in [-0.15, -0.1) is 0 Å². The van der Waals surface area contributed by atoms with Crippen molar-refractivity contribution in [3.8, 4) is 0 Å². The van der Waals surface area contributed by atoms with E-state index in [1.807, 2.05) is 0 Å². The molecule has 0 spiro atoms. The number of hydrogen-bond acceptors (Lipinski definition) is 4. The number of likely N-dealkylation sites (tertiary alicyclic amines) is 1. The van der Waals surface area contributed by atoms with Crippen LogP contribution in [0.2, 0.25) is 0 Å². The number of halogens is 1. The van der Waals surface area contributed by atoms with Gasteiger partial charge in [0, 0.05) is 25.1 Å². The van der Waals surface area contributed by atoms with Gasteiger partial charge in [-0.3, -0.25) is 24.2 Å². The summed E-state index contributed by atoms with van der Waals surface area (Å²) in [5.74, 6) is -1.26. The average molecular weight is 321 g/mol. The van der Waals surface area contributed by atoms with E-state index in [1.54, 1.807) is 37.2 Å². The van der Waals surface area contributed by atoms with Crippen LogP contribution < -0.4 is 5.32 Å². The van der Waals surface area contributed by atoms with Crippen molar-refractivity contribution in [1.82, 2.24) is 15.1 Å². The van der Waals surface area contributed by atoms with Gasteiger partial charge < -0.3 is 5.32 Å². The molecule has 1 atom stereocenters. The Labute approximate surface area is 134 Å². The van der Waals surface area contributed by atoms with Crippen molar-refractivity contribution in [2.75, 3.05) is 20.6 Å². The van der Waals surface area contributed by atoms with Crippen LogP contribution in [0.5, 0.6) is 0 Å². The van der Waals surface area contributed by atoms with Crippen molar-refractivity contribution >= 4 is 17.7 Å². The maximum absolute atomic E-state index is 13.4. The van der Waals surface area contributed by atoms with E-state index in [0.717, 1.165) is 4.90 Å². The SMILES string of the molecule is CN(C)C1CC(=O)N(CCC(=O)NCc2ccccc2F)C1=O. The molecule has 124 valence electrons. The highest BCUT2D eigenvalue weighted by Crippen LogP contribution is 2.16. The molecule has 1 unspecified atom stereocenters. The van der Waals surface area contributed by atoms with E-state index in [0.29, 0.717) is 5.56 Å². The Hall–Kier alpha value is -2.28. The number of nitrogens with one attached hydrogen (secondary N) is 1. The lowest BCUT2D eigenvalue weighted by atomic mass is 10.2. The van der Waals surface area contributed by atoms with Gasteiger partial charge >= 0.3 is 0 Å². The summed E-state index contributed by atoms with van der Waals surface area (Å²) in [6.45, 7) is 0.124. The number of imide groups is 1. The first-order chi connectivity index (χ1) is 10.9. The number of likely N-dealkylation sites (N-methyl/N-ethyl adjacent to an activating group) is 1. The normalized spacial score (nSPS) is 17.9. The molecule has 0 radical (unpaired) electrons. The molecule has 0 bridgehead atoms. The van der Waals surface area contributed by atoms with Gasteiger partial charge in [-0.2, -0.15) is 0 Å². The highest BCUT2D eigenvalue weighted by atomic mass is 19.1. The molecule has 1 aliphatic rings. The highest BCUT2D eigenvalue weighted by molar-refractivity contribution is 6.05. The summed E-state index contributed by atoms with van der Waals surface area (Å²) >= 11 is 0. The van der Waals surface area contributed by atoms with E-state index in [9.17, 15) is 18.8 Å². The minimum absolute atomic E-state index is 0.00603. The van der Waals surface area contributed by atoms with Crippen molar-refractivity contribution in [1.29, 1.82) is 0 Å². The van der Waals surface area contributed by atoms with Crippen LogP contribution in [0.15, 0.2) is 24.3 Å². The largest absolute Gasteiger partial charge is 0.352 e. The van der Waals surface area contributed by atoms with E-state index in [4.69, 9.17) is 0 Å². The number of rotatable bonds is 6. The van der Waals surface area contributed by atoms with Gasteiger partial charge in [0.2, 0.25) is 17.7 Å². The molecule has 23 heavy (non-hydrogen) atoms. The Morgan fingerprint density at radius 2 is 2.04 bits per heavy atom. The van der Waals surface area contributed by atoms with Crippen LogP contribution in [0.1, 0.15) is 18.4 Å². The summed E-state index contributed by atoms with van der Waals surface area (Å²) in [5, 5.41) is 2.59. The Morgan fingerprint density at radius 3 is 2.65 bits per heavy atom. The molecule has 0 aromatic heterocycles. The first kappa shape index (κ1) is 17.1. The first-order valence-corrected chi connectivity index (χ1v) is 7.41. The zero-order valence-corrected chi connectivity index (χ0v) is 13.2. The molecular formula is C16H20FN3O3. The van der Waals surface area contributed by atoms with Gasteiger partial charge in [0.05, 0.1) is 12.5 Å². The molecular weight excluding hydrogens is 301 g/mol. The Balaban J connectivity index is 1.82. The third-order valence-electron chi connectivity index (χ3n) is 3.84. The Kier molecular flexibility index (Phi) is 5.44. The minimum atomic E-state index is -0.455. The molecule has 1 heterocycles. The third kappa shape index (κ3) is 4.13. The van der Waals surface area contributed by atoms with Crippen LogP contribution in [0.4, 0.5) is 4.39 Å². The Bertz CT molecular complexity index is 618. The first-order valence-electron chi connectivity index (χ1n) is 7.41. The third-order valence-corrected chi connectivity index (χ3v) is 3.84. The molecule has 1 fully saturated rings. The number of amides is 3. The molecule has 1 saturated heterocycles. The van der Waals surface area contributed by atoms with E-state index < -0.39 is 6.04 Å². The summed E-state index contributed by atoms with van der Waals surface area (Å²) in [4.78, 5) is 38.5. The zero-order chi connectivity index (χ0) is 17.0. The van der Waals surface area contributed by atoms with Crippen LogP contribution in [-0.2, 0) is 20.9 Å². The van der Waals surface area contributed by atoms with E-state index in [2.05, 4.69) is 5.32 Å². The molecule has 1 aromatic rings. The molecule has 0 aliphatic carbocycles. The fraction of sp³-hybridized carbons (Fsp3) is 0.438. The molecule has 3 amide bonds. The standard InChI is InChI=1S/C16H20FN3O3/c1-19(2)13-9-15(22)20(16(13)23)8-7-14(21)18-10-11-5-3-4-6-12(11)17/h3-6,13H,7-10H2,1-2H3,(H,18,21). The molecule has 0 saturated carbocycles. The quantitative estimate of drug-likeness (QED) is 0.776. The lowest BCUT2D eigenvalue weighted by molar-refractivity contribution is -0.139. The van der Waals surface area contributed by atoms with Crippen molar-refractivity contribution in [2.24, 2.45) is 0 Å². The topological polar surface area (TPSA) is 69.7 Å². The lowest BCUT2D eigenvalue weighted by Gasteiger charge is -2.18. The van der Waals surface area contributed by atoms with Crippen molar-refractivity contribution < 1.29 is 18.8 Å². The van der Waals surface area contributed by atoms with E-state index in [-0.39, 0.29) is 49.5 Å². The van der Waals surface area contributed by atoms with Crippen molar-refractivity contribution in [2.45, 2.75) is 25.4 Å². The summed E-state index contributed by atoms with van der Waals surface area (Å²) in [6, 6.07) is 5.72. The van der Waals surface area contributed by atoms with Crippen molar-refractivity contribution in [3.05, 3.63) is 35.6 Å². The molecule has 1 N–H and O–H groups in total. The van der Waals surface area contributed by atoms with Gasteiger partial charge in [0.15, 0.2) is 0 Å². The van der Waals surface area contributed by atoms with Crippen LogP contribution in [0.25, 0.3) is 0 Å². The molecule has 7 heteroatoms. The van der Waals surface area contributed by atoms with Gasteiger partial charge in [-0.25, -0.2) is 4.39 Å². The summed E-state index contributed by atoms with van der Waals surface area (Å²) in [5.41, 5.74) is 0.391. The second-order valence-electron chi connectivity index (χ2n) is 5.69. The fourth-order valence-corrected chi connectivity index (χ4v) is 2.44. The van der Waals surface area contributed by atoms with Gasteiger partial charge in [0.1, 0.15) is 5.82 Å². The van der Waals surface area contributed by atoms with Crippen molar-refractivity contribution in [3.63, 3.8) is 0 Å². The highest BCUT2D eigenvalue weighted by Gasteiger charge is 2.39. The second-order valence-corrected chi connectivity index (χ2v) is 5.69. The second kappa shape index (κ2) is 7.32. The van der Waals surface area contributed by atoms with Crippen LogP contribution in [0.3, 0.4) is 0 Å². The van der Waals surface area contributed by atoms with E-state index in [1.165, 1.54) is 6.07 Å². The number of benzene rings is 1.